The van der Waals surface area contributed by atoms with Crippen molar-refractivity contribution >= 4 is 11.1 Å². The molecule has 1 fully saturated rings. The average molecular weight is 477 g/mol. The molecule has 27 heavy (non-hydrogen) atoms. The predicted molar refractivity (Wildman–Crippen MR) is 105 cm³/mol. The molecular formula is C24H26Cl2Zr. The third-order valence-corrected chi connectivity index (χ3v) is 21.8. The second-order valence-corrected chi connectivity index (χ2v) is 19.8. The molecular weight excluding hydrogens is 450 g/mol. The van der Waals surface area contributed by atoms with E-state index in [1.165, 1.54) is 35.1 Å². The zero-order chi connectivity index (χ0) is 17.0. The van der Waals surface area contributed by atoms with Crippen molar-refractivity contribution in [3.05, 3.63) is 82.9 Å². The van der Waals surface area contributed by atoms with E-state index in [0.29, 0.717) is 0 Å². The van der Waals surface area contributed by atoms with E-state index in [0.717, 1.165) is 7.25 Å². The van der Waals surface area contributed by atoms with Crippen molar-refractivity contribution in [1.29, 1.82) is 0 Å². The fourth-order valence-corrected chi connectivity index (χ4v) is 22.1. The molecule has 3 aliphatic rings. The van der Waals surface area contributed by atoms with Gasteiger partial charge in [0.1, 0.15) is 0 Å². The quantitative estimate of drug-likeness (QED) is 0.609. The Kier molecular flexibility index (Phi) is 6.27. The largest absolute Gasteiger partial charge is 1.00 e. The third-order valence-electron chi connectivity index (χ3n) is 7.05. The van der Waals surface area contributed by atoms with Crippen molar-refractivity contribution in [1.82, 2.24) is 0 Å². The summed E-state index contributed by atoms with van der Waals surface area (Å²) in [4.78, 5) is 0. The molecule has 3 heteroatoms. The number of fused-ring (bicyclic) bond motifs is 2. The molecule has 2 aromatic rings. The van der Waals surface area contributed by atoms with Crippen LogP contribution in [0.25, 0.3) is 11.1 Å². The summed E-state index contributed by atoms with van der Waals surface area (Å²) < 4.78 is 4.65. The van der Waals surface area contributed by atoms with Crippen LogP contribution in [0.5, 0.6) is 0 Å². The molecule has 0 spiro atoms. The first-order valence-electron chi connectivity index (χ1n) is 9.76. The Balaban J connectivity index is 0.00000105. The zero-order valence-corrected chi connectivity index (χ0v) is 20.0. The minimum absolute atomic E-state index is 0. The van der Waals surface area contributed by atoms with Gasteiger partial charge in [0.2, 0.25) is 0 Å². The minimum atomic E-state index is -2.45. The maximum atomic E-state index is 2.68. The molecule has 1 aliphatic heterocycles. The number of rotatable bonds is 2. The number of allylic oxidation sites excluding steroid dienone is 4. The van der Waals surface area contributed by atoms with Crippen LogP contribution >= 0.6 is 0 Å². The molecule has 2 unspecified atom stereocenters. The Morgan fingerprint density at radius 2 is 1.07 bits per heavy atom. The molecule has 0 radical (unpaired) electrons. The summed E-state index contributed by atoms with van der Waals surface area (Å²) >= 11 is -2.45. The molecule has 0 aromatic heterocycles. The maximum Gasteiger partial charge on any atom is -1.00 e. The normalized spacial score (nSPS) is 23.0. The van der Waals surface area contributed by atoms with Crippen molar-refractivity contribution in [2.24, 2.45) is 0 Å². The van der Waals surface area contributed by atoms with Gasteiger partial charge in [-0.15, -0.1) is 0 Å². The molecule has 2 aliphatic carbocycles. The summed E-state index contributed by atoms with van der Waals surface area (Å²) in [6, 6.07) is 18.5. The van der Waals surface area contributed by atoms with Gasteiger partial charge in [-0.05, 0) is 0 Å². The molecule has 1 heterocycles. The van der Waals surface area contributed by atoms with Crippen LogP contribution in [-0.2, 0) is 20.3 Å². The van der Waals surface area contributed by atoms with Gasteiger partial charge in [-0.2, -0.15) is 0 Å². The van der Waals surface area contributed by atoms with Gasteiger partial charge in [0, 0.05) is 0 Å². The maximum absolute atomic E-state index is 2.68. The molecule has 140 valence electrons. The van der Waals surface area contributed by atoms with Gasteiger partial charge in [0.15, 0.2) is 0 Å². The van der Waals surface area contributed by atoms with Crippen molar-refractivity contribution in [3.63, 3.8) is 0 Å². The van der Waals surface area contributed by atoms with Crippen LogP contribution in [0.4, 0.5) is 0 Å². The summed E-state index contributed by atoms with van der Waals surface area (Å²) in [5.41, 5.74) is 9.43. The summed E-state index contributed by atoms with van der Waals surface area (Å²) in [6.07, 6.45) is 8.28. The Morgan fingerprint density at radius 3 is 1.52 bits per heavy atom. The van der Waals surface area contributed by atoms with Gasteiger partial charge < -0.3 is 24.8 Å². The van der Waals surface area contributed by atoms with E-state index in [9.17, 15) is 0 Å². The first-order chi connectivity index (χ1) is 12.2. The molecule has 0 bridgehead atoms. The van der Waals surface area contributed by atoms with E-state index < -0.39 is 20.3 Å². The van der Waals surface area contributed by atoms with Gasteiger partial charge in [-0.25, -0.2) is 0 Å². The molecule has 2 aromatic carbocycles. The zero-order valence-electron chi connectivity index (χ0n) is 16.0. The fraction of sp³-hybridized carbons (Fsp3) is 0.333. The van der Waals surface area contributed by atoms with E-state index >= 15 is 0 Å². The summed E-state index contributed by atoms with van der Waals surface area (Å²) in [5.74, 6) is 0. The second-order valence-electron chi connectivity index (χ2n) is 8.27. The van der Waals surface area contributed by atoms with Crippen LogP contribution < -0.4 is 24.8 Å². The van der Waals surface area contributed by atoms with E-state index in [1.54, 1.807) is 19.4 Å². The Bertz CT molecular complexity index is 837. The third kappa shape index (κ3) is 3.15. The van der Waals surface area contributed by atoms with Crippen molar-refractivity contribution in [3.8, 4) is 0 Å². The molecule has 2 atom stereocenters. The number of hydrogen-bond donors (Lipinski definition) is 0. The molecule has 5 rings (SSSR count). The molecule has 0 saturated carbocycles. The summed E-state index contributed by atoms with van der Waals surface area (Å²) in [6.45, 7) is 4.66. The number of hydrogen-bond acceptors (Lipinski definition) is 0. The van der Waals surface area contributed by atoms with E-state index in [-0.39, 0.29) is 24.8 Å². The van der Waals surface area contributed by atoms with Gasteiger partial charge in [0.25, 0.3) is 0 Å². The molecule has 0 nitrogen and oxygen atoms in total. The topological polar surface area (TPSA) is 0 Å². The fourth-order valence-electron chi connectivity index (χ4n) is 5.91. The van der Waals surface area contributed by atoms with Crippen molar-refractivity contribution in [2.75, 3.05) is 0 Å². The van der Waals surface area contributed by atoms with Crippen LogP contribution in [0, 0.1) is 0 Å². The van der Waals surface area contributed by atoms with E-state index in [1.807, 2.05) is 0 Å². The Morgan fingerprint density at radius 1 is 0.667 bits per heavy atom. The summed E-state index contributed by atoms with van der Waals surface area (Å²) in [5, 5.41) is 0. The van der Waals surface area contributed by atoms with Crippen LogP contribution in [0.2, 0.25) is 8.26 Å². The van der Waals surface area contributed by atoms with Gasteiger partial charge in [-0.3, -0.25) is 0 Å². The van der Waals surface area contributed by atoms with Crippen molar-refractivity contribution in [2.45, 2.75) is 42.2 Å². The standard InChI is InChI=1S/2C10H9.C4H8.2ClH.Zr/c2*1-8-6-7-9-4-2-3-5-10(8)9;1-3-4-2;;;/h2*2-7H,1H3;1-4H2;2*1H;/q;;;;;+2/p-2. The van der Waals surface area contributed by atoms with Gasteiger partial charge in [-0.1, -0.05) is 0 Å². The van der Waals surface area contributed by atoms with E-state index in [4.69, 9.17) is 0 Å². The minimum Gasteiger partial charge on any atom is -1.00 e. The first-order valence-corrected chi connectivity index (χ1v) is 16.1. The SMILES string of the molecule is CC1=C[CH]([Zr+2]2([CH]3C=C(C)c4ccccc43)[CH2]CC[CH2]2)c2ccccc21.[Cl-].[Cl-]. The van der Waals surface area contributed by atoms with Crippen molar-refractivity contribution < 1.29 is 45.1 Å². The van der Waals surface area contributed by atoms with Crippen LogP contribution in [-0.4, -0.2) is 0 Å². The monoisotopic (exact) mass is 474 g/mol. The molecule has 0 N–H and O–H groups in total. The van der Waals surface area contributed by atoms with Crippen LogP contribution in [0.1, 0.15) is 56.2 Å². The van der Waals surface area contributed by atoms with Gasteiger partial charge >= 0.3 is 157 Å². The molecule has 0 amide bonds. The Hall–Kier alpha value is -0.617. The first kappa shape index (κ1) is 21.1. The molecule has 1 saturated heterocycles. The Labute approximate surface area is 180 Å². The summed E-state index contributed by atoms with van der Waals surface area (Å²) in [7, 11) is 0. The van der Waals surface area contributed by atoms with Crippen LogP contribution in [0.15, 0.2) is 60.7 Å². The number of benzene rings is 2. The number of halogens is 2. The van der Waals surface area contributed by atoms with Crippen LogP contribution in [0.3, 0.4) is 0 Å². The van der Waals surface area contributed by atoms with E-state index in [2.05, 4.69) is 74.5 Å². The smallest absolute Gasteiger partial charge is 1.00 e. The second kappa shape index (κ2) is 8.02. The van der Waals surface area contributed by atoms with Gasteiger partial charge in [0.05, 0.1) is 0 Å². The average Bonchev–Trinajstić information content (AvgIpc) is 3.33. The predicted octanol–water partition coefficient (Wildman–Crippen LogP) is 1.10.